The summed E-state index contributed by atoms with van der Waals surface area (Å²) >= 11 is 0. The molecule has 1 amide bonds. The molecule has 0 N–H and O–H groups in total. The van der Waals surface area contributed by atoms with Crippen molar-refractivity contribution in [2.24, 2.45) is 0 Å². The molecule has 0 spiro atoms. The molecule has 1 atom stereocenters. The Bertz CT molecular complexity index is 554. The topological polar surface area (TPSA) is 45.7 Å². The third-order valence-corrected chi connectivity index (χ3v) is 4.30. The second-order valence-corrected chi connectivity index (χ2v) is 7.54. The van der Waals surface area contributed by atoms with E-state index >= 15 is 0 Å². The molecule has 0 aliphatic carbocycles. The molecule has 24 heavy (non-hydrogen) atoms. The quantitative estimate of drug-likeness (QED) is 0.801. The summed E-state index contributed by atoms with van der Waals surface area (Å²) in [5, 5.41) is 0. The molecular weight excluding hydrogens is 302 g/mol. The number of likely N-dealkylation sites (tertiary alicyclic amines) is 1. The molecule has 1 aromatic heterocycles. The first kappa shape index (κ1) is 18.7. The summed E-state index contributed by atoms with van der Waals surface area (Å²) in [6.07, 6.45) is 5.68. The fraction of sp³-hybridized carbons (Fsp3) is 0.684. The average Bonchev–Trinajstić information content (AvgIpc) is 2.92. The predicted molar refractivity (Wildman–Crippen MR) is 97.3 cm³/mol. The summed E-state index contributed by atoms with van der Waals surface area (Å²) in [4.78, 5) is 21.4. The number of nitrogens with zero attached hydrogens (tertiary/aromatic N) is 3. The van der Waals surface area contributed by atoms with Gasteiger partial charge in [0.05, 0.1) is 0 Å². The maximum Gasteiger partial charge on any atom is 0.416 e. The molecule has 0 saturated carbocycles. The van der Waals surface area contributed by atoms with Crippen molar-refractivity contribution < 1.29 is 9.53 Å². The van der Waals surface area contributed by atoms with Crippen LogP contribution in [0.15, 0.2) is 18.3 Å². The van der Waals surface area contributed by atoms with Crippen LogP contribution in [-0.4, -0.2) is 41.7 Å². The second kappa shape index (κ2) is 7.97. The lowest BCUT2D eigenvalue weighted by Crippen LogP contribution is -2.39. The Hall–Kier alpha value is -1.62. The van der Waals surface area contributed by atoms with Crippen molar-refractivity contribution in [2.75, 3.05) is 25.0 Å². The lowest BCUT2D eigenvalue weighted by atomic mass is 10.0. The average molecular weight is 333 g/mol. The predicted octanol–water partition coefficient (Wildman–Crippen LogP) is 4.39. The minimum absolute atomic E-state index is 0.309. The van der Waals surface area contributed by atoms with Gasteiger partial charge in [0.15, 0.2) is 0 Å². The molecule has 1 unspecified atom stereocenters. The standard InChI is InChI=1S/C19H31N3O2/c1-6-7-14-22(18(23)24-19(2,3)4)17-15(10-8-12-20-17)16-11-9-13-21(16)5/h8,10,12,16H,6-7,9,11,13-14H2,1-5H3. The lowest BCUT2D eigenvalue weighted by Gasteiger charge is -2.30. The number of carbonyl (C=O) groups is 1. The van der Waals surface area contributed by atoms with Gasteiger partial charge in [0.25, 0.3) is 0 Å². The van der Waals surface area contributed by atoms with Crippen LogP contribution in [0.3, 0.4) is 0 Å². The van der Waals surface area contributed by atoms with E-state index in [2.05, 4.69) is 29.9 Å². The summed E-state index contributed by atoms with van der Waals surface area (Å²) in [5.74, 6) is 0.749. The van der Waals surface area contributed by atoms with E-state index in [9.17, 15) is 4.79 Å². The van der Waals surface area contributed by atoms with E-state index < -0.39 is 5.60 Å². The van der Waals surface area contributed by atoms with E-state index in [1.165, 1.54) is 6.42 Å². The molecule has 1 aliphatic rings. The molecule has 1 aromatic rings. The Morgan fingerprint density at radius 2 is 2.21 bits per heavy atom. The van der Waals surface area contributed by atoms with E-state index in [-0.39, 0.29) is 6.09 Å². The van der Waals surface area contributed by atoms with Gasteiger partial charge in [0.1, 0.15) is 11.4 Å². The number of carbonyl (C=O) groups excluding carboxylic acids is 1. The number of hydrogen-bond acceptors (Lipinski definition) is 4. The molecule has 1 aliphatic heterocycles. The molecule has 134 valence electrons. The van der Waals surface area contributed by atoms with Gasteiger partial charge in [-0.15, -0.1) is 0 Å². The van der Waals surface area contributed by atoms with Gasteiger partial charge in [-0.2, -0.15) is 0 Å². The van der Waals surface area contributed by atoms with Gasteiger partial charge in [0, 0.05) is 24.3 Å². The smallest absolute Gasteiger partial charge is 0.416 e. The molecule has 2 rings (SSSR count). The van der Waals surface area contributed by atoms with Crippen LogP contribution in [0, 0.1) is 0 Å². The van der Waals surface area contributed by atoms with Crippen LogP contribution in [0.1, 0.15) is 65.0 Å². The number of unbranched alkanes of at least 4 members (excludes halogenated alkanes) is 1. The number of amides is 1. The second-order valence-electron chi connectivity index (χ2n) is 7.54. The van der Waals surface area contributed by atoms with Crippen LogP contribution in [0.5, 0.6) is 0 Å². The fourth-order valence-electron chi connectivity index (χ4n) is 3.12. The first-order valence-corrected chi connectivity index (χ1v) is 8.99. The SMILES string of the molecule is CCCCN(C(=O)OC(C)(C)C)c1ncccc1C1CCCN1C. The van der Waals surface area contributed by atoms with Gasteiger partial charge < -0.3 is 4.74 Å². The van der Waals surface area contributed by atoms with Crippen LogP contribution in [0.25, 0.3) is 0 Å². The zero-order valence-electron chi connectivity index (χ0n) is 15.7. The highest BCUT2D eigenvalue weighted by atomic mass is 16.6. The highest BCUT2D eigenvalue weighted by Gasteiger charge is 2.30. The van der Waals surface area contributed by atoms with Gasteiger partial charge in [-0.1, -0.05) is 19.4 Å². The number of pyridine rings is 1. The first-order valence-electron chi connectivity index (χ1n) is 8.99. The minimum Gasteiger partial charge on any atom is -0.443 e. The summed E-state index contributed by atoms with van der Waals surface area (Å²) in [7, 11) is 2.14. The van der Waals surface area contributed by atoms with Crippen LogP contribution < -0.4 is 4.90 Å². The summed E-state index contributed by atoms with van der Waals surface area (Å²) < 4.78 is 5.63. The molecule has 0 radical (unpaired) electrons. The fourth-order valence-corrected chi connectivity index (χ4v) is 3.12. The Kier molecular flexibility index (Phi) is 6.21. The summed E-state index contributed by atoms with van der Waals surface area (Å²) in [6, 6.07) is 4.37. The number of aromatic nitrogens is 1. The van der Waals surface area contributed by atoms with Gasteiger partial charge in [-0.3, -0.25) is 9.80 Å². The third kappa shape index (κ3) is 4.69. The Morgan fingerprint density at radius 3 is 2.79 bits per heavy atom. The molecule has 0 aromatic carbocycles. The van der Waals surface area contributed by atoms with Crippen LogP contribution in [0.2, 0.25) is 0 Å². The number of hydrogen-bond donors (Lipinski definition) is 0. The van der Waals surface area contributed by atoms with E-state index in [1.807, 2.05) is 26.8 Å². The van der Waals surface area contributed by atoms with Crippen molar-refractivity contribution >= 4 is 11.9 Å². The lowest BCUT2D eigenvalue weighted by molar-refractivity contribution is 0.0578. The van der Waals surface area contributed by atoms with Crippen molar-refractivity contribution in [1.29, 1.82) is 0 Å². The highest BCUT2D eigenvalue weighted by Crippen LogP contribution is 2.35. The monoisotopic (exact) mass is 333 g/mol. The van der Waals surface area contributed by atoms with Crippen LogP contribution in [0.4, 0.5) is 10.6 Å². The van der Waals surface area contributed by atoms with Crippen molar-refractivity contribution in [3.8, 4) is 0 Å². The summed E-state index contributed by atoms with van der Waals surface area (Å²) in [5.41, 5.74) is 0.611. The maximum atomic E-state index is 12.8. The van der Waals surface area contributed by atoms with Crippen molar-refractivity contribution in [3.05, 3.63) is 23.9 Å². The minimum atomic E-state index is -0.513. The Morgan fingerprint density at radius 1 is 1.46 bits per heavy atom. The zero-order valence-corrected chi connectivity index (χ0v) is 15.7. The van der Waals surface area contributed by atoms with E-state index in [4.69, 9.17) is 4.74 Å². The van der Waals surface area contributed by atoms with Gasteiger partial charge in [-0.25, -0.2) is 9.78 Å². The number of ether oxygens (including phenoxy) is 1. The van der Waals surface area contributed by atoms with Crippen molar-refractivity contribution in [3.63, 3.8) is 0 Å². The largest absolute Gasteiger partial charge is 0.443 e. The molecule has 1 saturated heterocycles. The van der Waals surface area contributed by atoms with E-state index in [0.29, 0.717) is 12.6 Å². The van der Waals surface area contributed by atoms with Gasteiger partial charge >= 0.3 is 6.09 Å². The normalized spacial score (nSPS) is 18.6. The number of rotatable bonds is 5. The molecular formula is C19H31N3O2. The Balaban J connectivity index is 2.33. The van der Waals surface area contributed by atoms with Crippen LogP contribution >= 0.6 is 0 Å². The maximum absolute atomic E-state index is 12.8. The molecule has 5 heteroatoms. The van der Waals surface area contributed by atoms with Gasteiger partial charge in [-0.05, 0) is 59.7 Å². The number of anilines is 1. The van der Waals surface area contributed by atoms with Gasteiger partial charge in [0.2, 0.25) is 0 Å². The van der Waals surface area contributed by atoms with Crippen molar-refractivity contribution in [2.45, 2.75) is 65.0 Å². The van der Waals surface area contributed by atoms with E-state index in [1.54, 1.807) is 11.1 Å². The molecule has 0 bridgehead atoms. The summed E-state index contributed by atoms with van der Waals surface area (Å²) in [6.45, 7) is 9.52. The molecule has 5 nitrogen and oxygen atoms in total. The zero-order chi connectivity index (χ0) is 17.7. The third-order valence-electron chi connectivity index (χ3n) is 4.30. The Labute approximate surface area is 146 Å². The highest BCUT2D eigenvalue weighted by molar-refractivity contribution is 5.87. The van der Waals surface area contributed by atoms with Crippen LogP contribution in [-0.2, 0) is 4.74 Å². The van der Waals surface area contributed by atoms with E-state index in [0.717, 1.165) is 37.2 Å². The van der Waals surface area contributed by atoms with Crippen molar-refractivity contribution in [1.82, 2.24) is 9.88 Å². The first-order chi connectivity index (χ1) is 11.3. The molecule has 2 heterocycles. The molecule has 1 fully saturated rings.